The molecule has 0 spiro atoms. The first-order chi connectivity index (χ1) is 6.81. The molecule has 1 aliphatic heterocycles. The molecule has 1 saturated heterocycles. The molecule has 1 heterocycles. The van der Waals surface area contributed by atoms with Gasteiger partial charge in [0.05, 0.1) is 6.61 Å². The van der Waals surface area contributed by atoms with Crippen molar-refractivity contribution in [3.63, 3.8) is 0 Å². The highest BCUT2D eigenvalue weighted by Crippen LogP contribution is 2.30. The van der Waals surface area contributed by atoms with Crippen LogP contribution in [0, 0.1) is 11.8 Å². The highest BCUT2D eigenvalue weighted by Gasteiger charge is 2.33. The molecule has 80 valence electrons. The van der Waals surface area contributed by atoms with Crippen molar-refractivity contribution in [1.29, 1.82) is 0 Å². The van der Waals surface area contributed by atoms with Gasteiger partial charge in [-0.05, 0) is 19.3 Å². The van der Waals surface area contributed by atoms with Crippen molar-refractivity contribution >= 4 is 5.91 Å². The molecular weight excluding hydrogens is 180 g/mol. The van der Waals surface area contributed by atoms with Crippen LogP contribution in [0.3, 0.4) is 0 Å². The topological polar surface area (TPSA) is 55.6 Å². The normalized spacial score (nSPS) is 27.8. The Morgan fingerprint density at radius 3 is 2.79 bits per heavy atom. The van der Waals surface area contributed by atoms with Crippen LogP contribution in [0.2, 0.25) is 0 Å². The predicted octanol–water partition coefficient (Wildman–Crippen LogP) is 0.525. The SMILES string of the molecule is NOCC1CCN(C(=O)C2CCC2)C1. The van der Waals surface area contributed by atoms with E-state index in [2.05, 4.69) is 4.84 Å². The van der Waals surface area contributed by atoms with E-state index in [-0.39, 0.29) is 0 Å². The molecule has 1 unspecified atom stereocenters. The average molecular weight is 198 g/mol. The van der Waals surface area contributed by atoms with Gasteiger partial charge in [-0.25, -0.2) is 5.90 Å². The monoisotopic (exact) mass is 198 g/mol. The third-order valence-electron chi connectivity index (χ3n) is 3.38. The Labute approximate surface area is 84.3 Å². The van der Waals surface area contributed by atoms with Gasteiger partial charge in [0.25, 0.3) is 0 Å². The standard InChI is InChI=1S/C10H18N2O2/c11-14-7-8-4-5-12(6-8)10(13)9-2-1-3-9/h8-9H,1-7,11H2. The number of hydrogen-bond donors (Lipinski definition) is 1. The minimum Gasteiger partial charge on any atom is -0.342 e. The molecule has 1 aliphatic carbocycles. The van der Waals surface area contributed by atoms with E-state index in [9.17, 15) is 4.79 Å². The summed E-state index contributed by atoms with van der Waals surface area (Å²) in [6.45, 7) is 2.31. The largest absolute Gasteiger partial charge is 0.342 e. The van der Waals surface area contributed by atoms with Crippen LogP contribution in [0.4, 0.5) is 0 Å². The number of nitrogens with two attached hydrogens (primary N) is 1. The third-order valence-corrected chi connectivity index (χ3v) is 3.38. The van der Waals surface area contributed by atoms with E-state index >= 15 is 0 Å². The summed E-state index contributed by atoms with van der Waals surface area (Å²) in [5, 5.41) is 0. The Morgan fingerprint density at radius 2 is 2.21 bits per heavy atom. The second-order valence-corrected chi connectivity index (χ2v) is 4.40. The Bertz CT molecular complexity index is 216. The van der Waals surface area contributed by atoms with Gasteiger partial charge in [0.2, 0.25) is 5.91 Å². The Morgan fingerprint density at radius 1 is 1.43 bits per heavy atom. The average Bonchev–Trinajstić information content (AvgIpc) is 2.50. The minimum atomic E-state index is 0.326. The maximum absolute atomic E-state index is 11.8. The zero-order valence-electron chi connectivity index (χ0n) is 8.45. The van der Waals surface area contributed by atoms with E-state index in [0.717, 1.165) is 32.4 Å². The van der Waals surface area contributed by atoms with Crippen LogP contribution in [0.1, 0.15) is 25.7 Å². The molecule has 1 saturated carbocycles. The summed E-state index contributed by atoms with van der Waals surface area (Å²) in [5.74, 6) is 6.16. The first kappa shape index (κ1) is 9.93. The van der Waals surface area contributed by atoms with Crippen LogP contribution in [0.15, 0.2) is 0 Å². The summed E-state index contributed by atoms with van der Waals surface area (Å²) >= 11 is 0. The van der Waals surface area contributed by atoms with Crippen molar-refractivity contribution in [2.24, 2.45) is 17.7 Å². The zero-order valence-corrected chi connectivity index (χ0v) is 8.45. The summed E-state index contributed by atoms with van der Waals surface area (Å²) < 4.78 is 0. The summed E-state index contributed by atoms with van der Waals surface area (Å²) in [7, 11) is 0. The molecule has 1 atom stereocenters. The molecule has 4 nitrogen and oxygen atoms in total. The number of amides is 1. The van der Waals surface area contributed by atoms with Gasteiger partial charge in [0.1, 0.15) is 0 Å². The molecule has 4 heteroatoms. The zero-order chi connectivity index (χ0) is 9.97. The van der Waals surface area contributed by atoms with E-state index in [1.54, 1.807) is 0 Å². The lowest BCUT2D eigenvalue weighted by atomic mass is 9.84. The van der Waals surface area contributed by atoms with E-state index in [1.807, 2.05) is 4.90 Å². The van der Waals surface area contributed by atoms with Gasteiger partial charge in [-0.1, -0.05) is 6.42 Å². The summed E-state index contributed by atoms with van der Waals surface area (Å²) in [5.41, 5.74) is 0. The fraction of sp³-hybridized carbons (Fsp3) is 0.900. The van der Waals surface area contributed by atoms with Crippen LogP contribution in [0.25, 0.3) is 0 Å². The van der Waals surface area contributed by atoms with Crippen molar-refractivity contribution < 1.29 is 9.63 Å². The number of carbonyl (C=O) groups excluding carboxylic acids is 1. The van der Waals surface area contributed by atoms with Crippen molar-refractivity contribution in [3.05, 3.63) is 0 Å². The number of likely N-dealkylation sites (tertiary alicyclic amines) is 1. The van der Waals surface area contributed by atoms with Gasteiger partial charge in [-0.3, -0.25) is 4.79 Å². The summed E-state index contributed by atoms with van der Waals surface area (Å²) in [6.07, 6.45) is 4.44. The second-order valence-electron chi connectivity index (χ2n) is 4.40. The smallest absolute Gasteiger partial charge is 0.225 e. The number of nitrogens with zero attached hydrogens (tertiary/aromatic N) is 1. The van der Waals surface area contributed by atoms with Gasteiger partial charge in [0, 0.05) is 24.9 Å². The predicted molar refractivity (Wildman–Crippen MR) is 52.2 cm³/mol. The number of hydrogen-bond acceptors (Lipinski definition) is 3. The highest BCUT2D eigenvalue weighted by molar-refractivity contribution is 5.79. The summed E-state index contributed by atoms with van der Waals surface area (Å²) in [6, 6.07) is 0. The maximum Gasteiger partial charge on any atom is 0.225 e. The van der Waals surface area contributed by atoms with Crippen LogP contribution >= 0.6 is 0 Å². The van der Waals surface area contributed by atoms with Crippen LogP contribution < -0.4 is 5.90 Å². The fourth-order valence-electron chi connectivity index (χ4n) is 2.22. The van der Waals surface area contributed by atoms with E-state index in [4.69, 9.17) is 5.90 Å². The molecule has 2 fully saturated rings. The molecule has 14 heavy (non-hydrogen) atoms. The first-order valence-corrected chi connectivity index (χ1v) is 5.41. The maximum atomic E-state index is 11.8. The molecule has 2 rings (SSSR count). The van der Waals surface area contributed by atoms with Crippen LogP contribution in [-0.2, 0) is 9.63 Å². The van der Waals surface area contributed by atoms with Crippen molar-refractivity contribution in [2.75, 3.05) is 19.7 Å². The minimum absolute atomic E-state index is 0.326. The molecule has 0 bridgehead atoms. The van der Waals surface area contributed by atoms with Gasteiger partial charge in [-0.15, -0.1) is 0 Å². The second kappa shape index (κ2) is 4.28. The Kier molecular flexibility index (Phi) is 3.03. The lowest BCUT2D eigenvalue weighted by molar-refractivity contribution is -0.137. The molecule has 2 aliphatic rings. The Balaban J connectivity index is 1.79. The van der Waals surface area contributed by atoms with Gasteiger partial charge in [0.15, 0.2) is 0 Å². The third kappa shape index (κ3) is 1.91. The van der Waals surface area contributed by atoms with Gasteiger partial charge < -0.3 is 9.74 Å². The van der Waals surface area contributed by atoms with Crippen LogP contribution in [-0.4, -0.2) is 30.5 Å². The van der Waals surface area contributed by atoms with Crippen molar-refractivity contribution in [1.82, 2.24) is 4.90 Å². The quantitative estimate of drug-likeness (QED) is 0.673. The van der Waals surface area contributed by atoms with E-state index in [0.29, 0.717) is 24.3 Å². The molecule has 0 aromatic heterocycles. The van der Waals surface area contributed by atoms with E-state index in [1.165, 1.54) is 6.42 Å². The summed E-state index contributed by atoms with van der Waals surface area (Å²) in [4.78, 5) is 18.4. The molecule has 2 N–H and O–H groups in total. The molecule has 1 amide bonds. The van der Waals surface area contributed by atoms with E-state index < -0.39 is 0 Å². The van der Waals surface area contributed by atoms with Crippen LogP contribution in [0.5, 0.6) is 0 Å². The Hall–Kier alpha value is -0.610. The van der Waals surface area contributed by atoms with Crippen molar-refractivity contribution in [3.8, 4) is 0 Å². The lowest BCUT2D eigenvalue weighted by Crippen LogP contribution is -2.37. The highest BCUT2D eigenvalue weighted by atomic mass is 16.6. The fourth-order valence-corrected chi connectivity index (χ4v) is 2.22. The van der Waals surface area contributed by atoms with Gasteiger partial charge >= 0.3 is 0 Å². The number of rotatable bonds is 3. The first-order valence-electron chi connectivity index (χ1n) is 5.41. The molecule has 0 aromatic carbocycles. The molecule has 0 radical (unpaired) electrons. The lowest BCUT2D eigenvalue weighted by Gasteiger charge is -2.29. The molecule has 0 aromatic rings. The molecular formula is C10H18N2O2. The van der Waals surface area contributed by atoms with Gasteiger partial charge in [-0.2, -0.15) is 0 Å². The number of carbonyl (C=O) groups is 1. The van der Waals surface area contributed by atoms with Crippen molar-refractivity contribution in [2.45, 2.75) is 25.7 Å².